The average Bonchev–Trinajstić information content (AvgIpc) is 3.35. The Morgan fingerprint density at radius 2 is 2.00 bits per heavy atom. The van der Waals surface area contributed by atoms with Crippen LogP contribution in [0.15, 0.2) is 24.3 Å². The summed E-state index contributed by atoms with van der Waals surface area (Å²) < 4.78 is 26.7. The van der Waals surface area contributed by atoms with Crippen LogP contribution in [-0.2, 0) is 9.47 Å². The van der Waals surface area contributed by atoms with E-state index in [4.69, 9.17) is 9.47 Å². The molecule has 1 spiro atoms. The fraction of sp³-hybridized carbons (Fsp3) is 0.500. The van der Waals surface area contributed by atoms with Crippen LogP contribution in [0.25, 0.3) is 5.69 Å². The third-order valence-electron chi connectivity index (χ3n) is 5.36. The van der Waals surface area contributed by atoms with Crippen LogP contribution in [0.1, 0.15) is 47.4 Å². The number of hydrogen-bond donors (Lipinski definition) is 1. The second-order valence-corrected chi connectivity index (χ2v) is 7.31. The minimum absolute atomic E-state index is 0.125. The first kappa shape index (κ1) is 18.1. The van der Waals surface area contributed by atoms with E-state index in [1.54, 1.807) is 23.7 Å². The Morgan fingerprint density at radius 1 is 1.30 bits per heavy atom. The molecule has 1 amide bonds. The van der Waals surface area contributed by atoms with Gasteiger partial charge in [0, 0.05) is 19.4 Å². The van der Waals surface area contributed by atoms with E-state index in [1.165, 1.54) is 12.1 Å². The van der Waals surface area contributed by atoms with Gasteiger partial charge in [-0.25, -0.2) is 9.07 Å². The fourth-order valence-corrected chi connectivity index (χ4v) is 3.99. The standard InChI is InChI=1S/C20H24FN3O3/c1-13-18(14(2)24(23-13)16-7-5-15(21)6-8-16)19(25)22-11-17-12-26-20(27-17)9-3-4-10-20/h5-8,17H,3-4,9-12H2,1-2H3,(H,22,25)/t17-/m1/s1. The highest BCUT2D eigenvalue weighted by Gasteiger charge is 2.43. The van der Waals surface area contributed by atoms with Gasteiger partial charge in [0.1, 0.15) is 11.9 Å². The molecule has 2 fully saturated rings. The van der Waals surface area contributed by atoms with Gasteiger partial charge >= 0.3 is 0 Å². The van der Waals surface area contributed by atoms with Crippen molar-refractivity contribution >= 4 is 5.91 Å². The van der Waals surface area contributed by atoms with Crippen molar-refractivity contribution in [3.05, 3.63) is 47.0 Å². The highest BCUT2D eigenvalue weighted by atomic mass is 19.1. The van der Waals surface area contributed by atoms with Crippen LogP contribution >= 0.6 is 0 Å². The number of halogens is 1. The van der Waals surface area contributed by atoms with Crippen molar-refractivity contribution in [2.24, 2.45) is 0 Å². The van der Waals surface area contributed by atoms with Crippen molar-refractivity contribution in [2.45, 2.75) is 51.4 Å². The number of amides is 1. The van der Waals surface area contributed by atoms with Crippen LogP contribution in [0.5, 0.6) is 0 Å². The predicted octanol–water partition coefficient (Wildman–Crippen LogP) is 3.04. The molecule has 1 atom stereocenters. The fourth-order valence-electron chi connectivity index (χ4n) is 3.99. The first-order valence-electron chi connectivity index (χ1n) is 9.40. The van der Waals surface area contributed by atoms with Gasteiger partial charge < -0.3 is 14.8 Å². The summed E-state index contributed by atoms with van der Waals surface area (Å²) in [5, 5.41) is 7.39. The monoisotopic (exact) mass is 373 g/mol. The Kier molecular flexibility index (Phi) is 4.74. The predicted molar refractivity (Wildman–Crippen MR) is 97.4 cm³/mol. The number of carbonyl (C=O) groups excluding carboxylic acids is 1. The summed E-state index contributed by atoms with van der Waals surface area (Å²) in [5.41, 5.74) is 2.60. The zero-order chi connectivity index (χ0) is 19.0. The molecular formula is C20H24FN3O3. The second kappa shape index (κ2) is 7.05. The molecule has 4 rings (SSSR count). The van der Waals surface area contributed by atoms with Crippen molar-refractivity contribution in [2.75, 3.05) is 13.2 Å². The Balaban J connectivity index is 1.44. The minimum Gasteiger partial charge on any atom is -0.349 e. The molecule has 144 valence electrons. The summed E-state index contributed by atoms with van der Waals surface area (Å²) >= 11 is 0. The molecular weight excluding hydrogens is 349 g/mol. The van der Waals surface area contributed by atoms with Gasteiger partial charge in [-0.3, -0.25) is 4.79 Å². The van der Waals surface area contributed by atoms with Gasteiger partial charge in [-0.2, -0.15) is 5.10 Å². The van der Waals surface area contributed by atoms with E-state index in [1.807, 2.05) is 6.92 Å². The van der Waals surface area contributed by atoms with Gasteiger partial charge in [0.15, 0.2) is 5.79 Å². The molecule has 1 N–H and O–H groups in total. The van der Waals surface area contributed by atoms with Gasteiger partial charge in [0.25, 0.3) is 5.91 Å². The molecule has 6 nitrogen and oxygen atoms in total. The van der Waals surface area contributed by atoms with Gasteiger partial charge in [-0.05, 0) is 51.0 Å². The summed E-state index contributed by atoms with van der Waals surface area (Å²) in [5.74, 6) is -0.916. The zero-order valence-corrected chi connectivity index (χ0v) is 15.6. The minimum atomic E-state index is -0.422. The van der Waals surface area contributed by atoms with E-state index in [0.717, 1.165) is 25.7 Å². The Bertz CT molecular complexity index is 841. The van der Waals surface area contributed by atoms with Crippen LogP contribution in [0.3, 0.4) is 0 Å². The number of nitrogens with one attached hydrogen (secondary N) is 1. The number of hydrogen-bond acceptors (Lipinski definition) is 4. The third kappa shape index (κ3) is 3.49. The molecule has 1 aliphatic heterocycles. The molecule has 1 aromatic heterocycles. The van der Waals surface area contributed by atoms with E-state index in [9.17, 15) is 9.18 Å². The lowest BCUT2D eigenvalue weighted by Gasteiger charge is -2.21. The quantitative estimate of drug-likeness (QED) is 0.895. The maximum atomic E-state index is 13.2. The largest absolute Gasteiger partial charge is 0.349 e. The molecule has 27 heavy (non-hydrogen) atoms. The summed E-state index contributed by atoms with van der Waals surface area (Å²) in [6.45, 7) is 4.54. The molecule has 2 aromatic rings. The molecule has 0 radical (unpaired) electrons. The van der Waals surface area contributed by atoms with Crippen LogP contribution in [0, 0.1) is 19.7 Å². The van der Waals surface area contributed by atoms with Gasteiger partial charge in [-0.1, -0.05) is 0 Å². The number of aryl methyl sites for hydroxylation is 1. The maximum absolute atomic E-state index is 13.2. The lowest BCUT2D eigenvalue weighted by atomic mass is 10.1. The number of benzene rings is 1. The molecule has 1 aromatic carbocycles. The summed E-state index contributed by atoms with van der Waals surface area (Å²) in [6, 6.07) is 6.03. The number of carbonyl (C=O) groups is 1. The molecule has 7 heteroatoms. The first-order valence-corrected chi connectivity index (χ1v) is 9.40. The summed E-state index contributed by atoms with van der Waals surface area (Å²) in [7, 11) is 0. The topological polar surface area (TPSA) is 65.4 Å². The Hall–Kier alpha value is -2.25. The van der Waals surface area contributed by atoms with Crippen LogP contribution in [-0.4, -0.2) is 40.7 Å². The van der Waals surface area contributed by atoms with Crippen molar-refractivity contribution in [3.63, 3.8) is 0 Å². The lowest BCUT2D eigenvalue weighted by molar-refractivity contribution is -0.161. The van der Waals surface area contributed by atoms with Crippen LogP contribution in [0.2, 0.25) is 0 Å². The number of ether oxygens (including phenoxy) is 2. The van der Waals surface area contributed by atoms with Crippen molar-refractivity contribution in [3.8, 4) is 5.69 Å². The zero-order valence-electron chi connectivity index (χ0n) is 15.6. The van der Waals surface area contributed by atoms with Gasteiger partial charge in [0.2, 0.25) is 0 Å². The number of aromatic nitrogens is 2. The average molecular weight is 373 g/mol. The second-order valence-electron chi connectivity index (χ2n) is 7.31. The molecule has 1 saturated carbocycles. The van der Waals surface area contributed by atoms with Crippen LogP contribution in [0.4, 0.5) is 4.39 Å². The summed E-state index contributed by atoms with van der Waals surface area (Å²) in [4.78, 5) is 12.7. The first-order chi connectivity index (χ1) is 13.0. The van der Waals surface area contributed by atoms with E-state index in [-0.39, 0.29) is 17.8 Å². The highest BCUT2D eigenvalue weighted by molar-refractivity contribution is 5.96. The Morgan fingerprint density at radius 3 is 2.70 bits per heavy atom. The molecule has 0 unspecified atom stereocenters. The molecule has 2 aliphatic rings. The van der Waals surface area contributed by atoms with Crippen LogP contribution < -0.4 is 5.32 Å². The highest BCUT2D eigenvalue weighted by Crippen LogP contribution is 2.39. The normalized spacial score (nSPS) is 21.1. The van der Waals surface area contributed by atoms with Gasteiger partial charge in [-0.15, -0.1) is 0 Å². The third-order valence-corrected chi connectivity index (χ3v) is 5.36. The maximum Gasteiger partial charge on any atom is 0.255 e. The number of rotatable bonds is 4. The Labute approximate surface area is 157 Å². The van der Waals surface area contributed by atoms with E-state index >= 15 is 0 Å². The number of nitrogens with zero attached hydrogens (tertiary/aromatic N) is 2. The smallest absolute Gasteiger partial charge is 0.255 e. The molecule has 1 saturated heterocycles. The van der Waals surface area contributed by atoms with E-state index in [0.29, 0.717) is 35.8 Å². The van der Waals surface area contributed by atoms with Crippen molar-refractivity contribution in [1.29, 1.82) is 0 Å². The van der Waals surface area contributed by atoms with E-state index < -0.39 is 5.79 Å². The van der Waals surface area contributed by atoms with Gasteiger partial charge in [0.05, 0.1) is 29.2 Å². The van der Waals surface area contributed by atoms with E-state index in [2.05, 4.69) is 10.4 Å². The molecule has 1 aliphatic carbocycles. The SMILES string of the molecule is Cc1nn(-c2ccc(F)cc2)c(C)c1C(=O)NC[C@@H]1COC2(CCCC2)O1. The van der Waals surface area contributed by atoms with Crippen molar-refractivity contribution < 1.29 is 18.7 Å². The van der Waals surface area contributed by atoms with Crippen molar-refractivity contribution in [1.82, 2.24) is 15.1 Å². The lowest BCUT2D eigenvalue weighted by Crippen LogP contribution is -2.35. The molecule has 2 heterocycles. The summed E-state index contributed by atoms with van der Waals surface area (Å²) in [6.07, 6.45) is 3.99. The molecule has 0 bridgehead atoms.